The van der Waals surface area contributed by atoms with Crippen LogP contribution >= 0.6 is 0 Å². The summed E-state index contributed by atoms with van der Waals surface area (Å²) in [6, 6.07) is 8.29. The Morgan fingerprint density at radius 1 is 1.19 bits per heavy atom. The van der Waals surface area contributed by atoms with Gasteiger partial charge in [0.15, 0.2) is 11.5 Å². The van der Waals surface area contributed by atoms with Gasteiger partial charge in [0.1, 0.15) is 0 Å². The van der Waals surface area contributed by atoms with Gasteiger partial charge in [0.2, 0.25) is 0 Å². The van der Waals surface area contributed by atoms with Crippen LogP contribution in [0.4, 0.5) is 0 Å². The number of aromatic nitrogens is 2. The molecule has 0 fully saturated rings. The quantitative estimate of drug-likeness (QED) is 0.888. The minimum absolute atomic E-state index is 0.208. The average molecular weight is 289 g/mol. The summed E-state index contributed by atoms with van der Waals surface area (Å²) < 4.78 is 12.5. The molecular weight excluding hydrogens is 266 g/mol. The lowest BCUT2D eigenvalue weighted by Gasteiger charge is -2.16. The predicted octanol–water partition coefficient (Wildman–Crippen LogP) is 2.60. The van der Waals surface area contributed by atoms with Gasteiger partial charge in [-0.1, -0.05) is 6.07 Å². The maximum absolute atomic E-state index is 5.35. The summed E-state index contributed by atoms with van der Waals surface area (Å²) in [6.45, 7) is 4.90. The van der Waals surface area contributed by atoms with E-state index in [0.29, 0.717) is 0 Å². The molecule has 114 valence electrons. The zero-order valence-electron chi connectivity index (χ0n) is 13.3. The van der Waals surface area contributed by atoms with Gasteiger partial charge in [-0.2, -0.15) is 5.10 Å². The Labute approximate surface area is 125 Å². The van der Waals surface area contributed by atoms with Crippen molar-refractivity contribution in [2.24, 2.45) is 7.05 Å². The van der Waals surface area contributed by atoms with E-state index in [9.17, 15) is 0 Å². The summed E-state index contributed by atoms with van der Waals surface area (Å²) in [5, 5.41) is 7.85. The first-order valence-corrected chi connectivity index (χ1v) is 7.00. The Hall–Kier alpha value is -2.01. The second-order valence-electron chi connectivity index (χ2n) is 5.12. The topological polar surface area (TPSA) is 48.3 Å². The lowest BCUT2D eigenvalue weighted by molar-refractivity contribution is 0.354. The van der Waals surface area contributed by atoms with Crippen LogP contribution in [0.2, 0.25) is 0 Å². The Bertz CT molecular complexity index is 608. The molecule has 0 saturated carbocycles. The third kappa shape index (κ3) is 3.55. The summed E-state index contributed by atoms with van der Waals surface area (Å²) >= 11 is 0. The van der Waals surface area contributed by atoms with E-state index in [1.165, 1.54) is 5.69 Å². The van der Waals surface area contributed by atoms with Crippen molar-refractivity contribution >= 4 is 0 Å². The van der Waals surface area contributed by atoms with E-state index in [1.807, 2.05) is 36.9 Å². The maximum Gasteiger partial charge on any atom is 0.161 e. The van der Waals surface area contributed by atoms with Crippen molar-refractivity contribution in [1.82, 2.24) is 15.1 Å². The fraction of sp³-hybridized carbons (Fsp3) is 0.438. The molecule has 0 aliphatic carbocycles. The highest BCUT2D eigenvalue weighted by Gasteiger charge is 2.11. The van der Waals surface area contributed by atoms with E-state index >= 15 is 0 Å². The van der Waals surface area contributed by atoms with Crippen LogP contribution < -0.4 is 14.8 Å². The molecule has 0 aliphatic heterocycles. The van der Waals surface area contributed by atoms with Gasteiger partial charge in [-0.25, -0.2) is 0 Å². The number of rotatable bonds is 6. The average Bonchev–Trinajstić information content (AvgIpc) is 2.81. The van der Waals surface area contributed by atoms with Crippen LogP contribution in [0.15, 0.2) is 24.3 Å². The molecule has 1 aromatic carbocycles. The third-order valence-electron chi connectivity index (χ3n) is 3.60. The molecule has 2 aromatic rings. The van der Waals surface area contributed by atoms with Gasteiger partial charge in [0.05, 0.1) is 25.6 Å². The Kier molecular flexibility index (Phi) is 4.85. The molecule has 0 amide bonds. The zero-order valence-corrected chi connectivity index (χ0v) is 13.3. The van der Waals surface area contributed by atoms with Crippen LogP contribution in [0.3, 0.4) is 0 Å². The molecule has 1 heterocycles. The number of nitrogens with zero attached hydrogens (tertiary/aromatic N) is 2. The van der Waals surface area contributed by atoms with E-state index in [2.05, 4.69) is 23.4 Å². The van der Waals surface area contributed by atoms with Crippen molar-refractivity contribution in [3.63, 3.8) is 0 Å². The first-order chi connectivity index (χ1) is 10.0. The van der Waals surface area contributed by atoms with Crippen LogP contribution in [-0.2, 0) is 13.6 Å². The number of ether oxygens (including phenoxy) is 2. The van der Waals surface area contributed by atoms with Gasteiger partial charge in [0, 0.05) is 19.6 Å². The number of aryl methyl sites for hydroxylation is 2. The number of hydrogen-bond donors (Lipinski definition) is 1. The highest BCUT2D eigenvalue weighted by molar-refractivity contribution is 5.43. The normalized spacial score (nSPS) is 12.2. The molecule has 0 spiro atoms. The van der Waals surface area contributed by atoms with Gasteiger partial charge >= 0.3 is 0 Å². The van der Waals surface area contributed by atoms with Gasteiger partial charge in [-0.05, 0) is 37.6 Å². The summed E-state index contributed by atoms with van der Waals surface area (Å²) in [6.07, 6.45) is 0. The van der Waals surface area contributed by atoms with Crippen LogP contribution in [0, 0.1) is 6.92 Å². The van der Waals surface area contributed by atoms with Crippen LogP contribution in [0.1, 0.15) is 29.9 Å². The molecule has 2 rings (SSSR count). The van der Waals surface area contributed by atoms with Crippen molar-refractivity contribution in [3.05, 3.63) is 41.2 Å². The van der Waals surface area contributed by atoms with Crippen LogP contribution in [0.25, 0.3) is 0 Å². The smallest absolute Gasteiger partial charge is 0.161 e. The first-order valence-electron chi connectivity index (χ1n) is 7.00. The molecule has 1 aromatic heterocycles. The lowest BCUT2D eigenvalue weighted by atomic mass is 10.1. The predicted molar refractivity (Wildman–Crippen MR) is 82.7 cm³/mol. The Balaban J connectivity index is 2.06. The third-order valence-corrected chi connectivity index (χ3v) is 3.60. The van der Waals surface area contributed by atoms with Crippen LogP contribution in [0.5, 0.6) is 11.5 Å². The number of methoxy groups -OCH3 is 2. The minimum atomic E-state index is 0.208. The monoisotopic (exact) mass is 289 g/mol. The summed E-state index contributed by atoms with van der Waals surface area (Å²) in [4.78, 5) is 0. The van der Waals surface area contributed by atoms with E-state index in [4.69, 9.17) is 9.47 Å². The second-order valence-corrected chi connectivity index (χ2v) is 5.12. The standard InChI is InChI=1S/C16H23N3O2/c1-11-8-14(19(3)18-11)10-17-12(2)13-6-7-15(20-4)16(9-13)21-5/h6-9,12,17H,10H2,1-5H3. The molecule has 0 saturated heterocycles. The second kappa shape index (κ2) is 6.63. The first kappa shape index (κ1) is 15.4. The van der Waals surface area contributed by atoms with Gasteiger partial charge < -0.3 is 14.8 Å². The number of benzene rings is 1. The maximum atomic E-state index is 5.35. The number of hydrogen-bond acceptors (Lipinski definition) is 4. The fourth-order valence-corrected chi connectivity index (χ4v) is 2.33. The van der Waals surface area contributed by atoms with E-state index in [-0.39, 0.29) is 6.04 Å². The molecule has 1 unspecified atom stereocenters. The molecule has 0 aliphatic rings. The van der Waals surface area contributed by atoms with E-state index in [1.54, 1.807) is 14.2 Å². The molecule has 21 heavy (non-hydrogen) atoms. The number of nitrogens with one attached hydrogen (secondary N) is 1. The molecule has 1 N–H and O–H groups in total. The molecule has 0 bridgehead atoms. The summed E-state index contributed by atoms with van der Waals surface area (Å²) in [7, 11) is 5.26. The van der Waals surface area contributed by atoms with Crippen molar-refractivity contribution in [2.45, 2.75) is 26.4 Å². The van der Waals surface area contributed by atoms with Crippen molar-refractivity contribution in [1.29, 1.82) is 0 Å². The van der Waals surface area contributed by atoms with E-state index in [0.717, 1.165) is 29.3 Å². The zero-order chi connectivity index (χ0) is 15.4. The SMILES string of the molecule is COc1ccc(C(C)NCc2cc(C)nn2C)cc1OC. The van der Waals surface area contributed by atoms with Crippen molar-refractivity contribution in [2.75, 3.05) is 14.2 Å². The molecule has 1 atom stereocenters. The molecular formula is C16H23N3O2. The van der Waals surface area contributed by atoms with Crippen LogP contribution in [-0.4, -0.2) is 24.0 Å². The minimum Gasteiger partial charge on any atom is -0.493 e. The highest BCUT2D eigenvalue weighted by Crippen LogP contribution is 2.29. The largest absolute Gasteiger partial charge is 0.493 e. The van der Waals surface area contributed by atoms with Crippen molar-refractivity contribution in [3.8, 4) is 11.5 Å². The molecule has 0 radical (unpaired) electrons. The van der Waals surface area contributed by atoms with Gasteiger partial charge in [0.25, 0.3) is 0 Å². The lowest BCUT2D eigenvalue weighted by Crippen LogP contribution is -2.19. The van der Waals surface area contributed by atoms with Gasteiger partial charge in [-0.15, -0.1) is 0 Å². The van der Waals surface area contributed by atoms with Gasteiger partial charge in [-0.3, -0.25) is 4.68 Å². The highest BCUT2D eigenvalue weighted by atomic mass is 16.5. The summed E-state index contributed by atoms with van der Waals surface area (Å²) in [5.74, 6) is 1.50. The Morgan fingerprint density at radius 2 is 1.90 bits per heavy atom. The summed E-state index contributed by atoms with van der Waals surface area (Å²) in [5.41, 5.74) is 3.36. The molecule has 5 heteroatoms. The Morgan fingerprint density at radius 3 is 2.48 bits per heavy atom. The molecule has 5 nitrogen and oxygen atoms in total. The van der Waals surface area contributed by atoms with Crippen molar-refractivity contribution < 1.29 is 9.47 Å². The van der Waals surface area contributed by atoms with E-state index < -0.39 is 0 Å². The fourth-order valence-electron chi connectivity index (χ4n) is 2.33.